The highest BCUT2D eigenvalue weighted by Crippen LogP contribution is 2.26. The van der Waals surface area contributed by atoms with Gasteiger partial charge in [0.1, 0.15) is 17.8 Å². The van der Waals surface area contributed by atoms with Gasteiger partial charge in [0, 0.05) is 30.4 Å². The highest BCUT2D eigenvalue weighted by molar-refractivity contribution is 5.72. The van der Waals surface area contributed by atoms with Gasteiger partial charge in [-0.1, -0.05) is 0 Å². The van der Waals surface area contributed by atoms with Crippen LogP contribution in [0.3, 0.4) is 0 Å². The summed E-state index contributed by atoms with van der Waals surface area (Å²) in [7, 11) is 1.59. The smallest absolute Gasteiger partial charge is 0.277 e. The van der Waals surface area contributed by atoms with Crippen molar-refractivity contribution in [2.24, 2.45) is 0 Å². The largest absolute Gasteiger partial charge is 0.497 e. The van der Waals surface area contributed by atoms with Crippen molar-refractivity contribution in [2.45, 2.75) is 20.1 Å². The Labute approximate surface area is 153 Å². The molecular weight excluding hydrogens is 350 g/mol. The van der Waals surface area contributed by atoms with Crippen molar-refractivity contribution in [2.75, 3.05) is 7.11 Å². The van der Waals surface area contributed by atoms with Crippen molar-refractivity contribution in [3.05, 3.63) is 64.4 Å². The number of aryl methyl sites for hydroxylation is 1. The number of aliphatic hydroxyl groups excluding tert-OH is 1. The Morgan fingerprint density at radius 1 is 1.19 bits per heavy atom. The Hall–Kier alpha value is -3.46. The predicted molar refractivity (Wildman–Crippen MR) is 95.5 cm³/mol. The summed E-state index contributed by atoms with van der Waals surface area (Å²) < 4.78 is 13.4. The third-order valence-electron chi connectivity index (χ3n) is 4.25. The first-order valence-electron chi connectivity index (χ1n) is 8.25. The lowest BCUT2D eigenvalue weighted by atomic mass is 10.1. The standard InChI is InChI=1S/C18H17N5O4/c1-11-19-20-15(27-11)9-22-7-8-23-17(18(22)25)14(10-24)16(21-23)12-3-5-13(26-2)6-4-12/h3-8,24H,9-10H2,1-2H3. The molecule has 4 aromatic rings. The number of aliphatic hydroxyl groups is 1. The second kappa shape index (κ2) is 6.69. The zero-order chi connectivity index (χ0) is 19.0. The lowest BCUT2D eigenvalue weighted by molar-refractivity contribution is 0.283. The Morgan fingerprint density at radius 2 is 1.96 bits per heavy atom. The first kappa shape index (κ1) is 17.0. The van der Waals surface area contributed by atoms with Gasteiger partial charge in [0.15, 0.2) is 0 Å². The molecule has 1 aromatic carbocycles. The summed E-state index contributed by atoms with van der Waals surface area (Å²) in [5.74, 6) is 1.48. The topological polar surface area (TPSA) is 108 Å². The Morgan fingerprint density at radius 3 is 2.59 bits per heavy atom. The molecule has 9 nitrogen and oxygen atoms in total. The average molecular weight is 367 g/mol. The van der Waals surface area contributed by atoms with E-state index in [0.717, 1.165) is 5.56 Å². The molecule has 9 heteroatoms. The van der Waals surface area contributed by atoms with Crippen molar-refractivity contribution in [1.29, 1.82) is 0 Å². The summed E-state index contributed by atoms with van der Waals surface area (Å²) in [5.41, 5.74) is 1.79. The van der Waals surface area contributed by atoms with Crippen LogP contribution in [0.5, 0.6) is 5.75 Å². The van der Waals surface area contributed by atoms with Crippen LogP contribution in [0.4, 0.5) is 0 Å². The summed E-state index contributed by atoms with van der Waals surface area (Å²) in [6.07, 6.45) is 3.26. The minimum absolute atomic E-state index is 0.143. The van der Waals surface area contributed by atoms with Gasteiger partial charge in [0.25, 0.3) is 5.56 Å². The van der Waals surface area contributed by atoms with Crippen molar-refractivity contribution in [3.63, 3.8) is 0 Å². The second-order valence-corrected chi connectivity index (χ2v) is 5.95. The molecule has 0 spiro atoms. The number of aromatic nitrogens is 5. The van der Waals surface area contributed by atoms with Gasteiger partial charge in [-0.2, -0.15) is 5.10 Å². The molecule has 0 radical (unpaired) electrons. The van der Waals surface area contributed by atoms with E-state index in [0.29, 0.717) is 34.3 Å². The van der Waals surface area contributed by atoms with Gasteiger partial charge in [-0.3, -0.25) is 4.79 Å². The van der Waals surface area contributed by atoms with E-state index < -0.39 is 0 Å². The van der Waals surface area contributed by atoms with Crippen LogP contribution in [0, 0.1) is 6.92 Å². The fourth-order valence-corrected chi connectivity index (χ4v) is 2.95. The lowest BCUT2D eigenvalue weighted by Gasteiger charge is -2.04. The van der Waals surface area contributed by atoms with Gasteiger partial charge in [-0.05, 0) is 24.3 Å². The number of rotatable bonds is 5. The molecule has 138 valence electrons. The summed E-state index contributed by atoms with van der Waals surface area (Å²) in [5, 5.41) is 22.1. The van der Waals surface area contributed by atoms with Crippen LogP contribution in [0.15, 0.2) is 45.9 Å². The first-order valence-corrected chi connectivity index (χ1v) is 8.25. The Bertz CT molecular complexity index is 1160. The van der Waals surface area contributed by atoms with Crippen LogP contribution >= 0.6 is 0 Å². The van der Waals surface area contributed by atoms with Gasteiger partial charge in [0.05, 0.1) is 19.4 Å². The third kappa shape index (κ3) is 2.97. The van der Waals surface area contributed by atoms with Gasteiger partial charge < -0.3 is 18.8 Å². The second-order valence-electron chi connectivity index (χ2n) is 5.95. The molecule has 3 aromatic heterocycles. The van der Waals surface area contributed by atoms with E-state index in [9.17, 15) is 9.90 Å². The van der Waals surface area contributed by atoms with Gasteiger partial charge in [-0.25, -0.2) is 4.52 Å². The van der Waals surface area contributed by atoms with E-state index in [1.165, 1.54) is 9.08 Å². The van der Waals surface area contributed by atoms with E-state index in [2.05, 4.69) is 15.3 Å². The molecule has 0 amide bonds. The Balaban J connectivity index is 1.83. The summed E-state index contributed by atoms with van der Waals surface area (Å²) >= 11 is 0. The minimum atomic E-state index is -0.316. The number of hydrogen-bond acceptors (Lipinski definition) is 7. The molecular formula is C18H17N5O4. The SMILES string of the molecule is COc1ccc(-c2nn3ccn(Cc4nnc(C)o4)c(=O)c3c2CO)cc1. The monoisotopic (exact) mass is 367 g/mol. The number of fused-ring (bicyclic) bond motifs is 1. The maximum absolute atomic E-state index is 12.9. The van der Waals surface area contributed by atoms with Crippen LogP contribution < -0.4 is 10.3 Å². The molecule has 0 saturated heterocycles. The van der Waals surface area contributed by atoms with Crippen molar-refractivity contribution in [3.8, 4) is 17.0 Å². The van der Waals surface area contributed by atoms with E-state index >= 15 is 0 Å². The predicted octanol–water partition coefficient (Wildman–Crippen LogP) is 1.40. The van der Waals surface area contributed by atoms with Crippen molar-refractivity contribution < 1.29 is 14.3 Å². The van der Waals surface area contributed by atoms with Crippen molar-refractivity contribution >= 4 is 5.52 Å². The zero-order valence-electron chi connectivity index (χ0n) is 14.8. The molecule has 0 aliphatic rings. The average Bonchev–Trinajstić information content (AvgIpc) is 3.27. The molecule has 3 heterocycles. The number of nitrogens with zero attached hydrogens (tertiary/aromatic N) is 5. The maximum atomic E-state index is 12.9. The fourth-order valence-electron chi connectivity index (χ4n) is 2.95. The van der Waals surface area contributed by atoms with Crippen LogP contribution in [0.2, 0.25) is 0 Å². The summed E-state index contributed by atoms with van der Waals surface area (Å²) in [4.78, 5) is 12.9. The number of methoxy groups -OCH3 is 1. The number of ether oxygens (including phenoxy) is 1. The summed E-state index contributed by atoms with van der Waals surface area (Å²) in [6, 6.07) is 7.27. The van der Waals surface area contributed by atoms with E-state index in [4.69, 9.17) is 9.15 Å². The molecule has 0 aliphatic carbocycles. The van der Waals surface area contributed by atoms with Crippen molar-refractivity contribution in [1.82, 2.24) is 24.4 Å². The van der Waals surface area contributed by atoms with Gasteiger partial charge >= 0.3 is 0 Å². The quantitative estimate of drug-likeness (QED) is 0.568. The molecule has 0 unspecified atom stereocenters. The summed E-state index contributed by atoms with van der Waals surface area (Å²) in [6.45, 7) is 1.51. The van der Waals surface area contributed by atoms with E-state index in [1.54, 1.807) is 38.6 Å². The molecule has 0 bridgehead atoms. The third-order valence-corrected chi connectivity index (χ3v) is 4.25. The molecule has 0 atom stereocenters. The van der Waals surface area contributed by atoms with Crippen LogP contribution in [0.25, 0.3) is 16.8 Å². The normalized spacial score (nSPS) is 11.2. The molecule has 0 saturated carbocycles. The lowest BCUT2D eigenvalue weighted by Crippen LogP contribution is -2.22. The van der Waals surface area contributed by atoms with Crippen LogP contribution in [-0.2, 0) is 13.2 Å². The zero-order valence-corrected chi connectivity index (χ0v) is 14.8. The minimum Gasteiger partial charge on any atom is -0.497 e. The molecule has 0 aliphatic heterocycles. The van der Waals surface area contributed by atoms with Crippen LogP contribution in [-0.4, -0.2) is 36.6 Å². The number of hydrogen-bond donors (Lipinski definition) is 1. The molecule has 0 fully saturated rings. The van der Waals surface area contributed by atoms with Crippen LogP contribution in [0.1, 0.15) is 17.3 Å². The van der Waals surface area contributed by atoms with Gasteiger partial charge in [0.2, 0.25) is 11.8 Å². The molecule has 4 rings (SSSR count). The highest BCUT2D eigenvalue weighted by Gasteiger charge is 2.18. The van der Waals surface area contributed by atoms with E-state index in [1.807, 2.05) is 12.1 Å². The fraction of sp³-hybridized carbons (Fsp3) is 0.222. The van der Waals surface area contributed by atoms with E-state index in [-0.39, 0.29) is 18.7 Å². The van der Waals surface area contributed by atoms with Gasteiger partial charge in [-0.15, -0.1) is 10.2 Å². The Kier molecular flexibility index (Phi) is 4.21. The molecule has 1 N–H and O–H groups in total. The number of benzene rings is 1. The first-order chi connectivity index (χ1) is 13.1. The highest BCUT2D eigenvalue weighted by atomic mass is 16.5. The molecule has 27 heavy (non-hydrogen) atoms. The maximum Gasteiger partial charge on any atom is 0.277 e.